The van der Waals surface area contributed by atoms with Crippen LogP contribution in [0.3, 0.4) is 0 Å². The third-order valence-corrected chi connectivity index (χ3v) is 8.03. The van der Waals surface area contributed by atoms with Gasteiger partial charge in [-0.05, 0) is 57.8 Å². The van der Waals surface area contributed by atoms with Crippen LogP contribution in [0.1, 0.15) is 37.7 Å². The number of hydrogen-bond acceptors (Lipinski definition) is 6. The Bertz CT molecular complexity index is 1070. The molecular formula is C28H39N5O4. The second-order valence-corrected chi connectivity index (χ2v) is 10.3. The average Bonchev–Trinajstić information content (AvgIpc) is 3.15. The number of carbonyl (C=O) groups excluding carboxylic acids is 2. The van der Waals surface area contributed by atoms with Gasteiger partial charge in [-0.3, -0.25) is 9.69 Å². The zero-order valence-corrected chi connectivity index (χ0v) is 22.4. The molecule has 1 saturated carbocycles. The van der Waals surface area contributed by atoms with Gasteiger partial charge in [-0.2, -0.15) is 0 Å². The molecular weight excluding hydrogens is 470 g/mol. The summed E-state index contributed by atoms with van der Waals surface area (Å²) >= 11 is 0. The smallest absolute Gasteiger partial charge is 0.321 e. The van der Waals surface area contributed by atoms with Crippen LogP contribution in [-0.2, 0) is 15.1 Å². The summed E-state index contributed by atoms with van der Waals surface area (Å²) in [6.45, 7) is 1.73. The van der Waals surface area contributed by atoms with Gasteiger partial charge >= 0.3 is 6.03 Å². The van der Waals surface area contributed by atoms with E-state index in [1.54, 1.807) is 37.4 Å². The minimum atomic E-state index is -0.298. The van der Waals surface area contributed by atoms with Crippen molar-refractivity contribution in [3.8, 4) is 5.75 Å². The van der Waals surface area contributed by atoms with E-state index < -0.39 is 0 Å². The molecule has 9 nitrogen and oxygen atoms in total. The van der Waals surface area contributed by atoms with Crippen LogP contribution in [0, 0.1) is 0 Å². The predicted octanol–water partition coefficient (Wildman–Crippen LogP) is 3.57. The van der Waals surface area contributed by atoms with Crippen LogP contribution in [0.2, 0.25) is 0 Å². The van der Waals surface area contributed by atoms with Gasteiger partial charge in [-0.25, -0.2) is 9.78 Å². The SMILES string of the molecule is COCCCN1C(=O)N(CC(=O)Nc2cc(OC)ccn2)C[C@]12CC[C@](c1ccccc1)(N(C)C)CC2. The van der Waals surface area contributed by atoms with Crippen molar-refractivity contribution in [1.29, 1.82) is 0 Å². The standard InChI is InChI=1S/C28H39N5O4/c1-31(2)28(22-9-6-5-7-10-22)14-12-27(13-15-28)21-32(26(35)33(27)17-8-18-36-3)20-25(34)30-24-19-23(37-4)11-16-29-24/h5-7,9-11,16,19H,8,12-15,17-18,20-21H2,1-4H3,(H,29,30,34)/t27-,28+. The van der Waals surface area contributed by atoms with E-state index in [0.717, 1.165) is 32.1 Å². The molecule has 37 heavy (non-hydrogen) atoms. The number of carbonyl (C=O) groups is 2. The largest absolute Gasteiger partial charge is 0.497 e. The Kier molecular flexibility index (Phi) is 8.34. The van der Waals surface area contributed by atoms with Gasteiger partial charge < -0.3 is 24.6 Å². The van der Waals surface area contributed by atoms with Crippen LogP contribution >= 0.6 is 0 Å². The second kappa shape index (κ2) is 11.5. The lowest BCUT2D eigenvalue weighted by Crippen LogP contribution is -2.55. The number of hydrogen-bond donors (Lipinski definition) is 1. The summed E-state index contributed by atoms with van der Waals surface area (Å²) in [5, 5.41) is 2.80. The molecule has 1 aliphatic heterocycles. The van der Waals surface area contributed by atoms with Gasteiger partial charge in [0.25, 0.3) is 0 Å². The highest BCUT2D eigenvalue weighted by molar-refractivity contribution is 5.94. The summed E-state index contributed by atoms with van der Waals surface area (Å²) in [6.07, 6.45) is 5.95. The lowest BCUT2D eigenvalue weighted by atomic mass is 9.68. The Balaban J connectivity index is 1.51. The van der Waals surface area contributed by atoms with Crippen molar-refractivity contribution in [2.24, 2.45) is 0 Å². The number of amides is 3. The molecule has 4 rings (SSSR count). The highest BCUT2D eigenvalue weighted by Gasteiger charge is 2.54. The van der Waals surface area contributed by atoms with E-state index >= 15 is 0 Å². The summed E-state index contributed by atoms with van der Waals surface area (Å²) in [5.41, 5.74) is 0.941. The molecule has 1 aliphatic carbocycles. The Morgan fingerprint density at radius 1 is 1.11 bits per heavy atom. The molecule has 0 radical (unpaired) electrons. The molecule has 2 aliphatic rings. The van der Waals surface area contributed by atoms with Crippen LogP contribution in [0.25, 0.3) is 0 Å². The molecule has 2 heterocycles. The number of methoxy groups -OCH3 is 2. The van der Waals surface area contributed by atoms with Crippen LogP contribution < -0.4 is 10.1 Å². The first-order chi connectivity index (χ1) is 17.8. The van der Waals surface area contributed by atoms with Crippen molar-refractivity contribution >= 4 is 17.8 Å². The molecule has 1 spiro atoms. The molecule has 1 N–H and O–H groups in total. The fourth-order valence-electron chi connectivity index (χ4n) is 5.97. The quantitative estimate of drug-likeness (QED) is 0.493. The van der Waals surface area contributed by atoms with E-state index in [-0.39, 0.29) is 29.6 Å². The zero-order valence-electron chi connectivity index (χ0n) is 22.4. The monoisotopic (exact) mass is 509 g/mol. The third-order valence-electron chi connectivity index (χ3n) is 8.03. The van der Waals surface area contributed by atoms with E-state index in [9.17, 15) is 9.59 Å². The lowest BCUT2D eigenvalue weighted by molar-refractivity contribution is -0.116. The number of aromatic nitrogens is 1. The van der Waals surface area contributed by atoms with Gasteiger partial charge in [0.2, 0.25) is 5.91 Å². The molecule has 2 fully saturated rings. The van der Waals surface area contributed by atoms with E-state index in [4.69, 9.17) is 9.47 Å². The van der Waals surface area contributed by atoms with E-state index in [2.05, 4.69) is 53.6 Å². The fraction of sp³-hybridized carbons (Fsp3) is 0.536. The summed E-state index contributed by atoms with van der Waals surface area (Å²) in [4.78, 5) is 36.7. The van der Waals surface area contributed by atoms with Gasteiger partial charge in [-0.1, -0.05) is 30.3 Å². The Labute approximate surface area is 219 Å². The van der Waals surface area contributed by atoms with Crippen molar-refractivity contribution in [3.05, 3.63) is 54.2 Å². The van der Waals surface area contributed by atoms with Crippen LogP contribution in [0.15, 0.2) is 48.7 Å². The Hall–Kier alpha value is -3.17. The highest BCUT2D eigenvalue weighted by atomic mass is 16.5. The van der Waals surface area contributed by atoms with Crippen molar-refractivity contribution < 1.29 is 19.1 Å². The van der Waals surface area contributed by atoms with Gasteiger partial charge in [0.1, 0.15) is 18.1 Å². The van der Waals surface area contributed by atoms with E-state index in [0.29, 0.717) is 31.3 Å². The topological polar surface area (TPSA) is 87.2 Å². The van der Waals surface area contributed by atoms with Gasteiger partial charge in [0.05, 0.1) is 12.6 Å². The van der Waals surface area contributed by atoms with Gasteiger partial charge in [0.15, 0.2) is 0 Å². The highest BCUT2D eigenvalue weighted by Crippen LogP contribution is 2.48. The minimum Gasteiger partial charge on any atom is -0.497 e. The summed E-state index contributed by atoms with van der Waals surface area (Å²) in [5.74, 6) is 0.737. The molecule has 0 bridgehead atoms. The number of nitrogens with one attached hydrogen (secondary N) is 1. The first kappa shape index (κ1) is 26.9. The molecule has 1 saturated heterocycles. The molecule has 0 unspecified atom stereocenters. The number of anilines is 1. The average molecular weight is 510 g/mol. The lowest BCUT2D eigenvalue weighted by Gasteiger charge is -2.51. The first-order valence-corrected chi connectivity index (χ1v) is 12.9. The molecule has 2 aromatic rings. The number of ether oxygens (including phenoxy) is 2. The predicted molar refractivity (Wildman–Crippen MR) is 143 cm³/mol. The number of rotatable bonds is 10. The number of benzene rings is 1. The van der Waals surface area contributed by atoms with Gasteiger partial charge in [0, 0.05) is 44.6 Å². The number of pyridine rings is 1. The van der Waals surface area contributed by atoms with Crippen LogP contribution in [0.5, 0.6) is 5.75 Å². The normalized spacial score (nSPS) is 23.6. The second-order valence-electron chi connectivity index (χ2n) is 10.3. The molecule has 200 valence electrons. The maximum Gasteiger partial charge on any atom is 0.321 e. The van der Waals surface area contributed by atoms with Crippen molar-refractivity contribution in [2.45, 2.75) is 43.2 Å². The van der Waals surface area contributed by atoms with Crippen molar-refractivity contribution in [1.82, 2.24) is 19.7 Å². The molecule has 1 aromatic carbocycles. The number of urea groups is 1. The third kappa shape index (κ3) is 5.57. The summed E-state index contributed by atoms with van der Waals surface area (Å²) in [6, 6.07) is 13.9. The van der Waals surface area contributed by atoms with Crippen LogP contribution in [-0.4, -0.2) is 91.7 Å². The maximum absolute atomic E-state index is 13.6. The van der Waals surface area contributed by atoms with E-state index in [1.165, 1.54) is 5.56 Å². The first-order valence-electron chi connectivity index (χ1n) is 12.9. The van der Waals surface area contributed by atoms with Gasteiger partial charge in [-0.15, -0.1) is 0 Å². The number of nitrogens with zero attached hydrogens (tertiary/aromatic N) is 4. The fourth-order valence-corrected chi connectivity index (χ4v) is 5.97. The summed E-state index contributed by atoms with van der Waals surface area (Å²) < 4.78 is 10.5. The van der Waals surface area contributed by atoms with E-state index in [1.807, 2.05) is 11.0 Å². The van der Waals surface area contributed by atoms with Crippen molar-refractivity contribution in [3.63, 3.8) is 0 Å². The maximum atomic E-state index is 13.6. The Morgan fingerprint density at radius 3 is 2.49 bits per heavy atom. The molecule has 9 heteroatoms. The van der Waals surface area contributed by atoms with Crippen molar-refractivity contribution in [2.75, 3.05) is 59.9 Å². The molecule has 1 aromatic heterocycles. The zero-order chi connectivity index (χ0) is 26.5. The Morgan fingerprint density at radius 2 is 1.84 bits per heavy atom. The van der Waals surface area contributed by atoms with Crippen LogP contribution in [0.4, 0.5) is 10.6 Å². The molecule has 3 amide bonds. The minimum absolute atomic E-state index is 0.0161. The molecule has 0 atom stereocenters. The summed E-state index contributed by atoms with van der Waals surface area (Å²) in [7, 11) is 7.53.